The van der Waals surface area contributed by atoms with Gasteiger partial charge in [-0.15, -0.1) is 0 Å². The lowest BCUT2D eigenvalue weighted by Crippen LogP contribution is -2.48. The number of alkyl halides is 2. The molecule has 6 nitrogen and oxygen atoms in total. The molecule has 0 unspecified atom stereocenters. The molecule has 2 aromatic rings. The van der Waals surface area contributed by atoms with Gasteiger partial charge in [-0.25, -0.2) is 13.5 Å². The van der Waals surface area contributed by atoms with Crippen LogP contribution in [0.1, 0.15) is 37.4 Å². The average molecular weight is 385 g/mol. The molecule has 1 aromatic carbocycles. The molecule has 140 valence electrons. The lowest BCUT2D eigenvalue weighted by Gasteiger charge is -2.42. The molecule has 0 saturated carbocycles. The van der Waals surface area contributed by atoms with Gasteiger partial charge in [0.25, 0.3) is 6.43 Å². The molecule has 0 amide bonds. The second-order valence-electron chi connectivity index (χ2n) is 6.43. The van der Waals surface area contributed by atoms with Crippen molar-refractivity contribution in [2.45, 2.75) is 44.3 Å². The van der Waals surface area contributed by atoms with E-state index in [1.807, 2.05) is 37.3 Å². The summed E-state index contributed by atoms with van der Waals surface area (Å²) in [6.45, 7) is 2.34. The minimum Gasteiger partial charge on any atom is -0.288 e. The molecule has 0 aliphatic carbocycles. The molecule has 0 radical (unpaired) electrons. The van der Waals surface area contributed by atoms with Gasteiger partial charge < -0.3 is 0 Å². The number of aromatic nitrogens is 2. The molecule has 0 spiro atoms. The van der Waals surface area contributed by atoms with Crippen LogP contribution in [0.3, 0.4) is 0 Å². The number of halogens is 3. The third kappa shape index (κ3) is 3.57. The highest BCUT2D eigenvalue weighted by Gasteiger charge is 2.39. The first-order valence-electron chi connectivity index (χ1n) is 8.36. The fraction of sp³-hybridized carbons (Fsp3) is 0.471. The van der Waals surface area contributed by atoms with E-state index in [1.165, 1.54) is 4.68 Å². The SMILES string of the molecule is C[C@H](c1ccccc1)N1CC[C@H](n2ncc([N+](=O)[O-])c2Cl)C[C@@H]1C(F)F. The first kappa shape index (κ1) is 18.7. The molecule has 9 heteroatoms. The number of hydrogen-bond donors (Lipinski definition) is 0. The maximum atomic E-state index is 13.8. The molecule has 1 aliphatic rings. The normalized spacial score (nSPS) is 22.5. The number of nitro groups is 1. The third-order valence-corrected chi connectivity index (χ3v) is 5.36. The van der Waals surface area contributed by atoms with Crippen molar-refractivity contribution in [1.29, 1.82) is 0 Å². The van der Waals surface area contributed by atoms with Crippen LogP contribution in [-0.4, -0.2) is 38.6 Å². The Kier molecular flexibility index (Phi) is 5.52. The molecule has 3 rings (SSSR count). The minimum atomic E-state index is -2.53. The van der Waals surface area contributed by atoms with Crippen molar-refractivity contribution in [3.63, 3.8) is 0 Å². The zero-order valence-corrected chi connectivity index (χ0v) is 14.9. The summed E-state index contributed by atoms with van der Waals surface area (Å²) in [5, 5.41) is 14.8. The van der Waals surface area contributed by atoms with Crippen LogP contribution in [0.25, 0.3) is 0 Å². The molecule has 1 saturated heterocycles. The van der Waals surface area contributed by atoms with Crippen molar-refractivity contribution in [3.8, 4) is 0 Å². The highest BCUT2D eigenvalue weighted by molar-refractivity contribution is 6.31. The van der Waals surface area contributed by atoms with Gasteiger partial charge in [0.05, 0.1) is 17.0 Å². The summed E-state index contributed by atoms with van der Waals surface area (Å²) in [7, 11) is 0. The van der Waals surface area contributed by atoms with E-state index in [0.717, 1.165) is 11.8 Å². The predicted molar refractivity (Wildman–Crippen MR) is 93.5 cm³/mol. The topological polar surface area (TPSA) is 64.2 Å². The summed E-state index contributed by atoms with van der Waals surface area (Å²) in [6, 6.07) is 7.99. The summed E-state index contributed by atoms with van der Waals surface area (Å²) >= 11 is 6.03. The second kappa shape index (κ2) is 7.67. The first-order valence-corrected chi connectivity index (χ1v) is 8.74. The molecule has 0 bridgehead atoms. The number of rotatable bonds is 5. The van der Waals surface area contributed by atoms with E-state index in [1.54, 1.807) is 4.90 Å². The zero-order valence-electron chi connectivity index (χ0n) is 14.1. The Morgan fingerprint density at radius 2 is 2.04 bits per heavy atom. The highest BCUT2D eigenvalue weighted by atomic mass is 35.5. The predicted octanol–water partition coefficient (Wildman–Crippen LogP) is 4.48. The van der Waals surface area contributed by atoms with E-state index in [-0.39, 0.29) is 23.3 Å². The van der Waals surface area contributed by atoms with Crippen LogP contribution < -0.4 is 0 Å². The van der Waals surface area contributed by atoms with Crippen molar-refractivity contribution >= 4 is 17.3 Å². The number of piperidine rings is 1. The van der Waals surface area contributed by atoms with Gasteiger partial charge in [-0.2, -0.15) is 5.10 Å². The summed E-state index contributed by atoms with van der Waals surface area (Å²) in [6.07, 6.45) is -0.793. The number of likely N-dealkylation sites (tertiary alicyclic amines) is 1. The van der Waals surface area contributed by atoms with E-state index in [9.17, 15) is 18.9 Å². The minimum absolute atomic E-state index is 0.113. The second-order valence-corrected chi connectivity index (χ2v) is 6.78. The molecule has 1 fully saturated rings. The monoisotopic (exact) mass is 384 g/mol. The highest BCUT2D eigenvalue weighted by Crippen LogP contribution is 2.38. The van der Waals surface area contributed by atoms with Gasteiger partial charge in [0.2, 0.25) is 5.15 Å². The lowest BCUT2D eigenvalue weighted by atomic mass is 9.94. The molecule has 1 aromatic heterocycles. The van der Waals surface area contributed by atoms with Gasteiger partial charge in [0, 0.05) is 12.6 Å². The smallest absolute Gasteiger partial charge is 0.288 e. The third-order valence-electron chi connectivity index (χ3n) is 4.99. The molecule has 2 heterocycles. The molecular weight excluding hydrogens is 366 g/mol. The summed E-state index contributed by atoms with van der Waals surface area (Å²) in [5.41, 5.74) is 0.671. The van der Waals surface area contributed by atoms with Gasteiger partial charge >= 0.3 is 5.69 Å². The Hall–Kier alpha value is -2.06. The fourth-order valence-electron chi connectivity index (χ4n) is 3.58. The van der Waals surface area contributed by atoms with Crippen LogP contribution in [0.5, 0.6) is 0 Å². The van der Waals surface area contributed by atoms with Gasteiger partial charge in [-0.05, 0) is 25.3 Å². The van der Waals surface area contributed by atoms with E-state index in [2.05, 4.69) is 5.10 Å². The number of hydrogen-bond acceptors (Lipinski definition) is 4. The van der Waals surface area contributed by atoms with Crippen molar-refractivity contribution in [3.05, 3.63) is 57.4 Å². The Balaban J connectivity index is 1.81. The Bertz CT molecular complexity index is 771. The number of benzene rings is 1. The van der Waals surface area contributed by atoms with Crippen molar-refractivity contribution in [2.75, 3.05) is 6.54 Å². The van der Waals surface area contributed by atoms with E-state index < -0.39 is 23.4 Å². The van der Waals surface area contributed by atoms with Crippen LogP contribution in [0.4, 0.5) is 14.5 Å². The lowest BCUT2D eigenvalue weighted by molar-refractivity contribution is -0.384. The first-order chi connectivity index (χ1) is 12.4. The molecule has 3 atom stereocenters. The van der Waals surface area contributed by atoms with Crippen molar-refractivity contribution in [1.82, 2.24) is 14.7 Å². The number of nitrogens with zero attached hydrogens (tertiary/aromatic N) is 4. The van der Waals surface area contributed by atoms with Crippen LogP contribution in [0.2, 0.25) is 5.15 Å². The fourth-order valence-corrected chi connectivity index (χ4v) is 3.88. The maximum Gasteiger partial charge on any atom is 0.325 e. The van der Waals surface area contributed by atoms with Crippen LogP contribution in [0, 0.1) is 10.1 Å². The molecule has 1 aliphatic heterocycles. The molecule has 26 heavy (non-hydrogen) atoms. The zero-order chi connectivity index (χ0) is 18.8. The Labute approximate surface area is 154 Å². The van der Waals surface area contributed by atoms with Crippen molar-refractivity contribution < 1.29 is 13.7 Å². The quantitative estimate of drug-likeness (QED) is 0.563. The summed E-state index contributed by atoms with van der Waals surface area (Å²) in [4.78, 5) is 12.1. The van der Waals surface area contributed by atoms with Crippen LogP contribution >= 0.6 is 11.6 Å². The largest absolute Gasteiger partial charge is 0.325 e. The van der Waals surface area contributed by atoms with Crippen molar-refractivity contribution in [2.24, 2.45) is 0 Å². The van der Waals surface area contributed by atoms with E-state index in [4.69, 9.17) is 11.6 Å². The summed E-state index contributed by atoms with van der Waals surface area (Å²) < 4.78 is 28.8. The molecular formula is C17H19ClF2N4O2. The Morgan fingerprint density at radius 1 is 1.35 bits per heavy atom. The summed E-state index contributed by atoms with van der Waals surface area (Å²) in [5.74, 6) is 0. The van der Waals surface area contributed by atoms with E-state index >= 15 is 0 Å². The van der Waals surface area contributed by atoms with Crippen LogP contribution in [0.15, 0.2) is 36.5 Å². The standard InChI is InChI=1S/C17H19ClF2N4O2/c1-11(12-5-3-2-4-6-12)22-8-7-13(9-14(22)17(19)20)23-16(18)15(10-21-23)24(25)26/h2-6,10-11,13-14,17H,7-9H2,1H3/t11-,13+,14-/m1/s1. The molecule has 0 N–H and O–H groups in total. The van der Waals surface area contributed by atoms with Gasteiger partial charge in [-0.3, -0.25) is 15.0 Å². The maximum absolute atomic E-state index is 13.8. The van der Waals surface area contributed by atoms with Crippen LogP contribution in [-0.2, 0) is 0 Å². The van der Waals surface area contributed by atoms with E-state index in [0.29, 0.717) is 13.0 Å². The van der Waals surface area contributed by atoms with Gasteiger partial charge in [0.1, 0.15) is 6.20 Å². The van der Waals surface area contributed by atoms with Gasteiger partial charge in [0.15, 0.2) is 0 Å². The van der Waals surface area contributed by atoms with Gasteiger partial charge in [-0.1, -0.05) is 41.9 Å². The average Bonchev–Trinajstić information content (AvgIpc) is 3.03. The Morgan fingerprint density at radius 3 is 2.62 bits per heavy atom.